The van der Waals surface area contributed by atoms with Gasteiger partial charge in [-0.1, -0.05) is 23.7 Å². The Kier molecular flexibility index (Phi) is 3.91. The standard InChI is InChI=1S/C14H10ClNO4/c15-9-5-8(14(19)20)6-10(7-9)16-13(18)11-3-1-2-4-12(11)17/h1-7,17H,(H,16,18)(H,19,20). The molecule has 0 saturated heterocycles. The van der Waals surface area contributed by atoms with E-state index >= 15 is 0 Å². The second kappa shape index (κ2) is 5.63. The van der Waals surface area contributed by atoms with Crippen LogP contribution in [-0.2, 0) is 0 Å². The molecule has 0 aliphatic carbocycles. The van der Waals surface area contributed by atoms with Crippen molar-refractivity contribution in [3.8, 4) is 5.75 Å². The number of phenolic OH excluding ortho intramolecular Hbond substituents is 1. The molecule has 5 nitrogen and oxygen atoms in total. The molecule has 3 N–H and O–H groups in total. The van der Waals surface area contributed by atoms with E-state index in [1.165, 1.54) is 30.3 Å². The van der Waals surface area contributed by atoms with Crippen molar-refractivity contribution in [3.05, 3.63) is 58.6 Å². The van der Waals surface area contributed by atoms with Gasteiger partial charge >= 0.3 is 5.97 Å². The molecule has 2 aromatic rings. The second-order valence-corrected chi connectivity index (χ2v) is 4.44. The van der Waals surface area contributed by atoms with Crippen LogP contribution in [0.15, 0.2) is 42.5 Å². The van der Waals surface area contributed by atoms with Crippen molar-refractivity contribution in [2.45, 2.75) is 0 Å². The smallest absolute Gasteiger partial charge is 0.335 e. The molecule has 6 heteroatoms. The number of hydrogen-bond acceptors (Lipinski definition) is 3. The minimum atomic E-state index is -1.15. The van der Waals surface area contributed by atoms with E-state index in [0.29, 0.717) is 0 Å². The Hall–Kier alpha value is -2.53. The van der Waals surface area contributed by atoms with Crippen molar-refractivity contribution in [1.82, 2.24) is 0 Å². The highest BCUT2D eigenvalue weighted by Crippen LogP contribution is 2.22. The highest BCUT2D eigenvalue weighted by Gasteiger charge is 2.12. The molecule has 102 valence electrons. The number of carbonyl (C=O) groups is 2. The van der Waals surface area contributed by atoms with Crippen LogP contribution in [0, 0.1) is 0 Å². The van der Waals surface area contributed by atoms with Gasteiger partial charge in [0.05, 0.1) is 11.1 Å². The summed E-state index contributed by atoms with van der Waals surface area (Å²) in [5.74, 6) is -1.86. The number of hydrogen-bond donors (Lipinski definition) is 3. The fourth-order valence-corrected chi connectivity index (χ4v) is 1.88. The molecule has 0 unspecified atom stereocenters. The fraction of sp³-hybridized carbons (Fsp3) is 0. The first-order valence-corrected chi connectivity index (χ1v) is 5.98. The van der Waals surface area contributed by atoms with E-state index in [4.69, 9.17) is 16.7 Å². The molecule has 0 saturated carbocycles. The summed E-state index contributed by atoms with van der Waals surface area (Å²) in [6.45, 7) is 0. The van der Waals surface area contributed by atoms with E-state index in [1.807, 2.05) is 0 Å². The second-order valence-electron chi connectivity index (χ2n) is 4.01. The third-order valence-electron chi connectivity index (χ3n) is 2.55. The van der Waals surface area contributed by atoms with Crippen LogP contribution in [-0.4, -0.2) is 22.1 Å². The van der Waals surface area contributed by atoms with Gasteiger partial charge in [0.2, 0.25) is 0 Å². The summed E-state index contributed by atoms with van der Waals surface area (Å²) in [7, 11) is 0. The van der Waals surface area contributed by atoms with Crippen LogP contribution in [0.5, 0.6) is 5.75 Å². The topological polar surface area (TPSA) is 86.6 Å². The van der Waals surface area contributed by atoms with E-state index in [2.05, 4.69) is 5.32 Å². The van der Waals surface area contributed by atoms with Crippen LogP contribution in [0.25, 0.3) is 0 Å². The Morgan fingerprint density at radius 3 is 2.45 bits per heavy atom. The van der Waals surface area contributed by atoms with Gasteiger partial charge in [-0.15, -0.1) is 0 Å². The molecular weight excluding hydrogens is 282 g/mol. The highest BCUT2D eigenvalue weighted by molar-refractivity contribution is 6.31. The quantitative estimate of drug-likeness (QED) is 0.811. The average molecular weight is 292 g/mol. The normalized spacial score (nSPS) is 10.1. The predicted molar refractivity (Wildman–Crippen MR) is 74.5 cm³/mol. The zero-order valence-corrected chi connectivity index (χ0v) is 10.9. The molecule has 20 heavy (non-hydrogen) atoms. The maximum absolute atomic E-state index is 12.0. The number of anilines is 1. The van der Waals surface area contributed by atoms with Gasteiger partial charge in [-0.05, 0) is 30.3 Å². The summed E-state index contributed by atoms with van der Waals surface area (Å²) < 4.78 is 0. The number of carbonyl (C=O) groups excluding carboxylic acids is 1. The molecule has 2 rings (SSSR count). The number of amides is 1. The maximum Gasteiger partial charge on any atom is 0.335 e. The van der Waals surface area contributed by atoms with Crippen molar-refractivity contribution in [1.29, 1.82) is 0 Å². The first-order chi connectivity index (χ1) is 9.47. The number of aromatic hydroxyl groups is 1. The van der Waals surface area contributed by atoms with Crippen molar-refractivity contribution in [2.24, 2.45) is 0 Å². The zero-order valence-electron chi connectivity index (χ0n) is 10.1. The SMILES string of the molecule is O=C(O)c1cc(Cl)cc(NC(=O)c2ccccc2O)c1. The third kappa shape index (κ3) is 3.07. The van der Waals surface area contributed by atoms with E-state index in [0.717, 1.165) is 0 Å². The number of aromatic carboxylic acids is 1. The first kappa shape index (κ1) is 13.9. The van der Waals surface area contributed by atoms with Crippen LogP contribution in [0.4, 0.5) is 5.69 Å². The number of halogens is 1. The van der Waals surface area contributed by atoms with Gasteiger partial charge < -0.3 is 15.5 Å². The zero-order chi connectivity index (χ0) is 14.7. The van der Waals surface area contributed by atoms with Gasteiger partial charge in [-0.2, -0.15) is 0 Å². The van der Waals surface area contributed by atoms with Crippen molar-refractivity contribution < 1.29 is 19.8 Å². The van der Waals surface area contributed by atoms with E-state index in [-0.39, 0.29) is 27.6 Å². The molecule has 0 aliphatic rings. The first-order valence-electron chi connectivity index (χ1n) is 5.60. The fourth-order valence-electron chi connectivity index (χ4n) is 1.65. The minimum Gasteiger partial charge on any atom is -0.507 e. The molecule has 0 spiro atoms. The summed E-state index contributed by atoms with van der Waals surface area (Å²) in [5, 5.41) is 21.2. The molecule has 0 heterocycles. The number of phenols is 1. The molecule has 0 aromatic heterocycles. The minimum absolute atomic E-state index is 0.0370. The predicted octanol–water partition coefficient (Wildman–Crippen LogP) is 3.00. The molecule has 0 aliphatic heterocycles. The number of carboxylic acid groups (broad SMARTS) is 1. The Morgan fingerprint density at radius 2 is 1.80 bits per heavy atom. The van der Waals surface area contributed by atoms with Crippen molar-refractivity contribution >= 4 is 29.2 Å². The van der Waals surface area contributed by atoms with E-state index < -0.39 is 11.9 Å². The van der Waals surface area contributed by atoms with E-state index in [1.54, 1.807) is 12.1 Å². The summed E-state index contributed by atoms with van der Waals surface area (Å²) in [6, 6.07) is 10.0. The summed E-state index contributed by atoms with van der Waals surface area (Å²) in [4.78, 5) is 22.9. The number of nitrogens with one attached hydrogen (secondary N) is 1. The molecule has 0 atom stereocenters. The van der Waals surface area contributed by atoms with Crippen molar-refractivity contribution in [3.63, 3.8) is 0 Å². The lowest BCUT2D eigenvalue weighted by atomic mass is 10.1. The lowest BCUT2D eigenvalue weighted by Gasteiger charge is -2.08. The number of rotatable bonds is 3. The van der Waals surface area contributed by atoms with Gasteiger partial charge in [0.25, 0.3) is 5.91 Å². The van der Waals surface area contributed by atoms with Gasteiger partial charge in [0, 0.05) is 10.7 Å². The Labute approximate surface area is 119 Å². The number of para-hydroxylation sites is 1. The van der Waals surface area contributed by atoms with Gasteiger partial charge in [0.1, 0.15) is 5.75 Å². The summed E-state index contributed by atoms with van der Waals surface area (Å²) in [5.41, 5.74) is 0.289. The largest absolute Gasteiger partial charge is 0.507 e. The van der Waals surface area contributed by atoms with Gasteiger partial charge in [-0.3, -0.25) is 4.79 Å². The van der Waals surface area contributed by atoms with Gasteiger partial charge in [-0.25, -0.2) is 4.79 Å². The Bertz CT molecular complexity index is 685. The third-order valence-corrected chi connectivity index (χ3v) is 2.77. The van der Waals surface area contributed by atoms with Crippen LogP contribution < -0.4 is 5.32 Å². The molecule has 0 fully saturated rings. The number of carboxylic acids is 1. The number of benzene rings is 2. The molecule has 2 aromatic carbocycles. The molecule has 0 radical (unpaired) electrons. The molecular formula is C14H10ClNO4. The highest BCUT2D eigenvalue weighted by atomic mass is 35.5. The van der Waals surface area contributed by atoms with Gasteiger partial charge in [0.15, 0.2) is 0 Å². The lowest BCUT2D eigenvalue weighted by Crippen LogP contribution is -2.12. The van der Waals surface area contributed by atoms with Crippen LogP contribution in [0.1, 0.15) is 20.7 Å². The monoisotopic (exact) mass is 291 g/mol. The van der Waals surface area contributed by atoms with E-state index in [9.17, 15) is 14.7 Å². The van der Waals surface area contributed by atoms with Crippen LogP contribution in [0.3, 0.4) is 0 Å². The Balaban J connectivity index is 2.28. The van der Waals surface area contributed by atoms with Crippen molar-refractivity contribution in [2.75, 3.05) is 5.32 Å². The Morgan fingerprint density at radius 1 is 1.10 bits per heavy atom. The summed E-state index contributed by atoms with van der Waals surface area (Å²) in [6.07, 6.45) is 0. The maximum atomic E-state index is 12.0. The lowest BCUT2D eigenvalue weighted by molar-refractivity contribution is 0.0696. The summed E-state index contributed by atoms with van der Waals surface area (Å²) >= 11 is 5.79. The molecule has 1 amide bonds. The van der Waals surface area contributed by atoms with Crippen LogP contribution >= 0.6 is 11.6 Å². The average Bonchev–Trinajstić information content (AvgIpc) is 2.38. The van der Waals surface area contributed by atoms with Crippen LogP contribution in [0.2, 0.25) is 5.02 Å². The molecule has 0 bridgehead atoms.